The van der Waals surface area contributed by atoms with E-state index in [1.807, 2.05) is 0 Å². The Bertz CT molecular complexity index is 501. The van der Waals surface area contributed by atoms with Crippen LogP contribution < -0.4 is 15.4 Å². The highest BCUT2D eigenvalue weighted by atomic mass is 16.6. The van der Waals surface area contributed by atoms with Crippen LogP contribution in [0.25, 0.3) is 0 Å². The maximum absolute atomic E-state index is 11.1. The van der Waals surface area contributed by atoms with Gasteiger partial charge in [0.15, 0.2) is 0 Å². The Morgan fingerprint density at radius 1 is 1.48 bits per heavy atom. The third-order valence-corrected chi connectivity index (χ3v) is 3.77. The van der Waals surface area contributed by atoms with E-state index in [-0.39, 0.29) is 11.2 Å². The van der Waals surface area contributed by atoms with Gasteiger partial charge in [-0.3, -0.25) is 10.1 Å². The van der Waals surface area contributed by atoms with Crippen molar-refractivity contribution >= 4 is 11.4 Å². The average Bonchev–Trinajstić information content (AvgIpc) is 2.94. The predicted molar refractivity (Wildman–Crippen MR) is 80.0 cm³/mol. The van der Waals surface area contributed by atoms with Crippen molar-refractivity contribution in [1.82, 2.24) is 5.32 Å². The maximum atomic E-state index is 11.1. The van der Waals surface area contributed by atoms with Gasteiger partial charge >= 0.3 is 0 Å². The summed E-state index contributed by atoms with van der Waals surface area (Å²) in [5, 5.41) is 17.7. The molecule has 1 aromatic carbocycles. The Hall–Kier alpha value is -1.86. The number of nitro groups is 1. The minimum atomic E-state index is -0.396. The number of nitrogens with one attached hydrogen (secondary N) is 2. The molecule has 116 valence electrons. The molecule has 0 aromatic heterocycles. The highest BCUT2D eigenvalue weighted by Crippen LogP contribution is 2.30. The van der Waals surface area contributed by atoms with Crippen molar-refractivity contribution in [3.05, 3.63) is 28.3 Å². The minimum Gasteiger partial charge on any atom is -0.497 e. The molecule has 0 saturated carbocycles. The van der Waals surface area contributed by atoms with Gasteiger partial charge in [-0.15, -0.1) is 0 Å². The first-order valence-corrected chi connectivity index (χ1v) is 6.90. The second-order valence-electron chi connectivity index (χ2n) is 5.24. The van der Waals surface area contributed by atoms with E-state index in [0.29, 0.717) is 24.6 Å². The molecule has 0 amide bonds. The SMILES string of the molecule is COCC1(CNc2cc(OC)ccc2[N+](=O)[O-])CCCN1. The smallest absolute Gasteiger partial charge is 0.292 e. The quantitative estimate of drug-likeness (QED) is 0.589. The van der Waals surface area contributed by atoms with Gasteiger partial charge in [0.25, 0.3) is 5.69 Å². The molecule has 0 bridgehead atoms. The summed E-state index contributed by atoms with van der Waals surface area (Å²) in [5.74, 6) is 0.586. The van der Waals surface area contributed by atoms with Crippen molar-refractivity contribution in [3.8, 4) is 5.75 Å². The van der Waals surface area contributed by atoms with Crippen LogP contribution in [0.4, 0.5) is 11.4 Å². The summed E-state index contributed by atoms with van der Waals surface area (Å²) < 4.78 is 10.4. The number of rotatable bonds is 7. The van der Waals surface area contributed by atoms with Gasteiger partial charge < -0.3 is 20.1 Å². The van der Waals surface area contributed by atoms with Crippen molar-refractivity contribution in [1.29, 1.82) is 0 Å². The molecule has 1 atom stereocenters. The zero-order chi connectivity index (χ0) is 15.3. The number of anilines is 1. The summed E-state index contributed by atoms with van der Waals surface area (Å²) in [5.41, 5.74) is 0.330. The summed E-state index contributed by atoms with van der Waals surface area (Å²) in [4.78, 5) is 10.7. The summed E-state index contributed by atoms with van der Waals surface area (Å²) in [6.07, 6.45) is 2.05. The van der Waals surface area contributed by atoms with Gasteiger partial charge in [0.2, 0.25) is 0 Å². The molecular formula is C14H21N3O4. The monoisotopic (exact) mass is 295 g/mol. The lowest BCUT2D eigenvalue weighted by Gasteiger charge is -2.29. The highest BCUT2D eigenvalue weighted by molar-refractivity contribution is 5.64. The molecule has 2 rings (SSSR count). The van der Waals surface area contributed by atoms with Crippen LogP contribution in [0.15, 0.2) is 18.2 Å². The fourth-order valence-electron chi connectivity index (χ4n) is 2.68. The van der Waals surface area contributed by atoms with E-state index >= 15 is 0 Å². The van der Waals surface area contributed by atoms with Crippen LogP contribution in [0.1, 0.15) is 12.8 Å². The molecule has 1 unspecified atom stereocenters. The van der Waals surface area contributed by atoms with E-state index in [4.69, 9.17) is 9.47 Å². The third-order valence-electron chi connectivity index (χ3n) is 3.77. The molecule has 7 nitrogen and oxygen atoms in total. The molecule has 1 aliphatic heterocycles. The second kappa shape index (κ2) is 6.73. The van der Waals surface area contributed by atoms with Crippen molar-refractivity contribution in [2.75, 3.05) is 39.2 Å². The van der Waals surface area contributed by atoms with Crippen molar-refractivity contribution in [3.63, 3.8) is 0 Å². The van der Waals surface area contributed by atoms with Gasteiger partial charge in [-0.2, -0.15) is 0 Å². The molecule has 0 aliphatic carbocycles. The first kappa shape index (κ1) is 15.5. The lowest BCUT2D eigenvalue weighted by atomic mass is 9.98. The average molecular weight is 295 g/mol. The standard InChI is InChI=1S/C14H21N3O4/c1-20-10-14(6-3-7-16-14)9-15-12-8-11(21-2)4-5-13(12)17(18)19/h4-5,8,15-16H,3,6-7,9-10H2,1-2H3. The zero-order valence-corrected chi connectivity index (χ0v) is 12.3. The lowest BCUT2D eigenvalue weighted by Crippen LogP contribution is -2.49. The molecule has 7 heteroatoms. The normalized spacial score (nSPS) is 21.2. The zero-order valence-electron chi connectivity index (χ0n) is 12.3. The summed E-state index contributed by atoms with van der Waals surface area (Å²) in [6.45, 7) is 2.07. The van der Waals surface area contributed by atoms with E-state index in [2.05, 4.69) is 10.6 Å². The summed E-state index contributed by atoms with van der Waals surface area (Å²) in [6, 6.07) is 4.68. The van der Waals surface area contributed by atoms with Gasteiger partial charge in [0, 0.05) is 25.8 Å². The number of hydrogen-bond donors (Lipinski definition) is 2. The minimum absolute atomic E-state index is 0.0429. The maximum Gasteiger partial charge on any atom is 0.292 e. The number of benzene rings is 1. The number of hydrogen-bond acceptors (Lipinski definition) is 6. The van der Waals surface area contributed by atoms with Crippen LogP contribution in [-0.2, 0) is 4.74 Å². The highest BCUT2D eigenvalue weighted by Gasteiger charge is 2.33. The topological polar surface area (TPSA) is 85.7 Å². The number of ether oxygens (including phenoxy) is 2. The largest absolute Gasteiger partial charge is 0.497 e. The number of nitro benzene ring substituents is 1. The molecule has 1 heterocycles. The van der Waals surface area contributed by atoms with E-state index in [9.17, 15) is 10.1 Å². The van der Waals surface area contributed by atoms with Gasteiger partial charge in [-0.25, -0.2) is 0 Å². The first-order chi connectivity index (χ1) is 10.1. The van der Waals surface area contributed by atoms with Crippen LogP contribution in [0.2, 0.25) is 0 Å². The molecule has 1 aromatic rings. The molecule has 1 fully saturated rings. The van der Waals surface area contributed by atoms with Crippen molar-refractivity contribution < 1.29 is 14.4 Å². The van der Waals surface area contributed by atoms with Crippen LogP contribution in [0.5, 0.6) is 5.75 Å². The number of methoxy groups -OCH3 is 2. The Labute approximate surface area is 123 Å². The third kappa shape index (κ3) is 3.62. The fraction of sp³-hybridized carbons (Fsp3) is 0.571. The molecule has 2 N–H and O–H groups in total. The van der Waals surface area contributed by atoms with Gasteiger partial charge in [0.1, 0.15) is 11.4 Å². The summed E-state index contributed by atoms with van der Waals surface area (Å²) in [7, 11) is 3.20. The molecular weight excluding hydrogens is 274 g/mol. The van der Waals surface area contributed by atoms with E-state index < -0.39 is 4.92 Å². The van der Waals surface area contributed by atoms with Crippen LogP contribution in [0.3, 0.4) is 0 Å². The second-order valence-corrected chi connectivity index (χ2v) is 5.24. The molecule has 0 radical (unpaired) electrons. The number of nitrogens with zero attached hydrogens (tertiary/aromatic N) is 1. The molecule has 1 saturated heterocycles. The Balaban J connectivity index is 2.15. The molecule has 0 spiro atoms. The van der Waals surface area contributed by atoms with Crippen LogP contribution >= 0.6 is 0 Å². The van der Waals surface area contributed by atoms with E-state index in [1.165, 1.54) is 13.2 Å². The van der Waals surface area contributed by atoms with Gasteiger partial charge in [-0.1, -0.05) is 0 Å². The van der Waals surface area contributed by atoms with Gasteiger partial charge in [-0.05, 0) is 25.5 Å². The van der Waals surface area contributed by atoms with Gasteiger partial charge in [0.05, 0.1) is 24.2 Å². The Morgan fingerprint density at radius 3 is 2.86 bits per heavy atom. The van der Waals surface area contributed by atoms with Crippen LogP contribution in [0, 0.1) is 10.1 Å². The van der Waals surface area contributed by atoms with Crippen molar-refractivity contribution in [2.24, 2.45) is 0 Å². The van der Waals surface area contributed by atoms with E-state index in [0.717, 1.165) is 19.4 Å². The summed E-state index contributed by atoms with van der Waals surface area (Å²) >= 11 is 0. The van der Waals surface area contributed by atoms with Crippen LogP contribution in [-0.4, -0.2) is 44.4 Å². The molecule has 21 heavy (non-hydrogen) atoms. The predicted octanol–water partition coefficient (Wildman–Crippen LogP) is 1.78. The first-order valence-electron chi connectivity index (χ1n) is 6.90. The molecule has 1 aliphatic rings. The Kier molecular flexibility index (Phi) is 4.98. The fourth-order valence-corrected chi connectivity index (χ4v) is 2.68. The van der Waals surface area contributed by atoms with E-state index in [1.54, 1.807) is 19.2 Å². The van der Waals surface area contributed by atoms with Crippen molar-refractivity contribution in [2.45, 2.75) is 18.4 Å². The lowest BCUT2D eigenvalue weighted by molar-refractivity contribution is -0.384. The Morgan fingerprint density at radius 2 is 2.29 bits per heavy atom.